The van der Waals surface area contributed by atoms with Crippen LogP contribution in [-0.4, -0.2) is 15.2 Å². The summed E-state index contributed by atoms with van der Waals surface area (Å²) in [7, 11) is 0. The fourth-order valence-corrected chi connectivity index (χ4v) is 2.09. The number of rotatable bonds is 3. The highest BCUT2D eigenvalue weighted by Gasteiger charge is 2.07. The molecule has 106 valence electrons. The summed E-state index contributed by atoms with van der Waals surface area (Å²) >= 11 is 0. The van der Waals surface area contributed by atoms with Crippen LogP contribution >= 0.6 is 0 Å². The molecule has 0 saturated heterocycles. The predicted molar refractivity (Wildman–Crippen MR) is 79.8 cm³/mol. The lowest BCUT2D eigenvalue weighted by molar-refractivity contribution is 0.628. The van der Waals surface area contributed by atoms with E-state index >= 15 is 0 Å². The standard InChI is InChI=1S/C15H14FN5/c16-11-4-1-9(2-5-11)13-8-12(20-21-13)7-10-3-6-14(17)19-15(10)18/h1-6,8H,7H2,(H,20,21)(H4,17,18,19). The van der Waals surface area contributed by atoms with Gasteiger partial charge in [0, 0.05) is 23.2 Å². The molecular formula is C15H14FN5. The minimum absolute atomic E-state index is 0.268. The second-order valence-electron chi connectivity index (χ2n) is 4.74. The largest absolute Gasteiger partial charge is 0.384 e. The Bertz CT molecular complexity index is 764. The number of hydrogen-bond donors (Lipinski definition) is 3. The highest BCUT2D eigenvalue weighted by Crippen LogP contribution is 2.21. The third-order valence-corrected chi connectivity index (χ3v) is 3.19. The quantitative estimate of drug-likeness (QED) is 0.688. The van der Waals surface area contributed by atoms with E-state index in [-0.39, 0.29) is 5.82 Å². The van der Waals surface area contributed by atoms with Crippen LogP contribution < -0.4 is 11.5 Å². The van der Waals surface area contributed by atoms with Crippen molar-refractivity contribution in [2.45, 2.75) is 6.42 Å². The van der Waals surface area contributed by atoms with Gasteiger partial charge in [-0.05, 0) is 36.4 Å². The zero-order valence-corrected chi connectivity index (χ0v) is 11.2. The molecule has 1 aromatic carbocycles. The van der Waals surface area contributed by atoms with E-state index in [0.717, 1.165) is 22.5 Å². The predicted octanol–water partition coefficient (Wildman–Crippen LogP) is 2.37. The Hall–Kier alpha value is -2.89. The van der Waals surface area contributed by atoms with Gasteiger partial charge in [-0.1, -0.05) is 6.07 Å². The Morgan fingerprint density at radius 1 is 1.05 bits per heavy atom. The molecule has 0 aliphatic rings. The number of nitrogens with one attached hydrogen (secondary N) is 1. The Morgan fingerprint density at radius 2 is 1.81 bits per heavy atom. The van der Waals surface area contributed by atoms with Crippen LogP contribution in [0.25, 0.3) is 11.3 Å². The lowest BCUT2D eigenvalue weighted by Gasteiger charge is -2.03. The molecule has 0 amide bonds. The summed E-state index contributed by atoms with van der Waals surface area (Å²) in [6, 6.07) is 11.7. The SMILES string of the molecule is Nc1ccc(Cc2cc(-c3ccc(F)cc3)n[nH]2)c(N)n1. The van der Waals surface area contributed by atoms with Gasteiger partial charge in [0.05, 0.1) is 5.69 Å². The van der Waals surface area contributed by atoms with Crippen molar-refractivity contribution in [3.63, 3.8) is 0 Å². The van der Waals surface area contributed by atoms with Crippen molar-refractivity contribution in [1.82, 2.24) is 15.2 Å². The van der Waals surface area contributed by atoms with E-state index in [1.54, 1.807) is 18.2 Å². The Labute approximate surface area is 120 Å². The molecule has 2 heterocycles. The maximum Gasteiger partial charge on any atom is 0.129 e. The normalized spacial score (nSPS) is 10.7. The summed E-state index contributed by atoms with van der Waals surface area (Å²) in [4.78, 5) is 4.02. The summed E-state index contributed by atoms with van der Waals surface area (Å²) < 4.78 is 12.9. The van der Waals surface area contributed by atoms with Crippen molar-refractivity contribution in [3.8, 4) is 11.3 Å². The number of halogens is 1. The Morgan fingerprint density at radius 3 is 2.52 bits per heavy atom. The Balaban J connectivity index is 1.83. The lowest BCUT2D eigenvalue weighted by Crippen LogP contribution is -2.01. The van der Waals surface area contributed by atoms with E-state index in [4.69, 9.17) is 11.5 Å². The maximum atomic E-state index is 12.9. The van der Waals surface area contributed by atoms with Crippen LogP contribution in [0.2, 0.25) is 0 Å². The molecule has 5 nitrogen and oxygen atoms in total. The van der Waals surface area contributed by atoms with Gasteiger partial charge in [0.15, 0.2) is 0 Å². The molecule has 0 unspecified atom stereocenters. The fraction of sp³-hybridized carbons (Fsp3) is 0.0667. The van der Waals surface area contributed by atoms with Gasteiger partial charge in [0.1, 0.15) is 17.5 Å². The molecule has 3 rings (SSSR count). The first-order chi connectivity index (χ1) is 10.1. The molecule has 0 spiro atoms. The fourth-order valence-electron chi connectivity index (χ4n) is 2.09. The summed E-state index contributed by atoms with van der Waals surface area (Å²) in [5, 5.41) is 7.18. The first kappa shape index (κ1) is 13.1. The topological polar surface area (TPSA) is 93.6 Å². The maximum absolute atomic E-state index is 12.9. The molecule has 0 fully saturated rings. The summed E-state index contributed by atoms with van der Waals surface area (Å²) in [6.45, 7) is 0. The van der Waals surface area contributed by atoms with Crippen molar-refractivity contribution >= 4 is 11.6 Å². The third kappa shape index (κ3) is 2.84. The van der Waals surface area contributed by atoms with Crippen LogP contribution in [0.4, 0.5) is 16.0 Å². The first-order valence-electron chi connectivity index (χ1n) is 6.43. The van der Waals surface area contributed by atoms with Gasteiger partial charge in [-0.2, -0.15) is 5.10 Å². The van der Waals surface area contributed by atoms with Crippen molar-refractivity contribution < 1.29 is 4.39 Å². The van der Waals surface area contributed by atoms with Gasteiger partial charge < -0.3 is 11.5 Å². The molecule has 0 bridgehead atoms. The van der Waals surface area contributed by atoms with Crippen LogP contribution in [0.3, 0.4) is 0 Å². The van der Waals surface area contributed by atoms with Crippen molar-refractivity contribution in [2.75, 3.05) is 11.5 Å². The minimum Gasteiger partial charge on any atom is -0.384 e. The third-order valence-electron chi connectivity index (χ3n) is 3.19. The number of nitrogens with two attached hydrogens (primary N) is 2. The summed E-state index contributed by atoms with van der Waals surface area (Å²) in [5.41, 5.74) is 14.8. The molecule has 0 saturated carbocycles. The minimum atomic E-state index is -0.268. The average Bonchev–Trinajstić information content (AvgIpc) is 2.91. The van der Waals surface area contributed by atoms with Gasteiger partial charge in [0.2, 0.25) is 0 Å². The Kier molecular flexibility index (Phi) is 3.27. The molecule has 5 N–H and O–H groups in total. The monoisotopic (exact) mass is 283 g/mol. The molecule has 0 atom stereocenters. The zero-order valence-electron chi connectivity index (χ0n) is 11.2. The van der Waals surface area contributed by atoms with E-state index in [2.05, 4.69) is 15.2 Å². The van der Waals surface area contributed by atoms with Crippen molar-refractivity contribution in [1.29, 1.82) is 0 Å². The second-order valence-corrected chi connectivity index (χ2v) is 4.74. The van der Waals surface area contributed by atoms with E-state index in [1.165, 1.54) is 12.1 Å². The smallest absolute Gasteiger partial charge is 0.129 e. The molecule has 2 aromatic heterocycles. The summed E-state index contributed by atoms with van der Waals surface area (Å²) in [6.07, 6.45) is 0.577. The van der Waals surface area contributed by atoms with E-state index in [1.807, 2.05) is 12.1 Å². The summed E-state index contributed by atoms with van der Waals surface area (Å²) in [5.74, 6) is 0.538. The lowest BCUT2D eigenvalue weighted by atomic mass is 10.1. The van der Waals surface area contributed by atoms with Crippen LogP contribution in [0.1, 0.15) is 11.3 Å². The van der Waals surface area contributed by atoms with E-state index in [9.17, 15) is 4.39 Å². The van der Waals surface area contributed by atoms with E-state index in [0.29, 0.717) is 18.1 Å². The first-order valence-corrected chi connectivity index (χ1v) is 6.43. The highest BCUT2D eigenvalue weighted by molar-refractivity contribution is 5.59. The van der Waals surface area contributed by atoms with Crippen LogP contribution in [0, 0.1) is 5.82 Å². The van der Waals surface area contributed by atoms with Gasteiger partial charge >= 0.3 is 0 Å². The molecule has 0 radical (unpaired) electrons. The number of aromatic amines is 1. The van der Waals surface area contributed by atoms with Gasteiger partial charge in [-0.15, -0.1) is 0 Å². The number of nitrogen functional groups attached to an aromatic ring is 2. The number of aromatic nitrogens is 3. The number of benzene rings is 1. The van der Waals surface area contributed by atoms with Crippen LogP contribution in [0.5, 0.6) is 0 Å². The number of anilines is 2. The van der Waals surface area contributed by atoms with Gasteiger partial charge in [-0.25, -0.2) is 9.37 Å². The van der Waals surface area contributed by atoms with Crippen molar-refractivity contribution in [3.05, 3.63) is 59.5 Å². The number of H-pyrrole nitrogens is 1. The molecule has 3 aromatic rings. The van der Waals surface area contributed by atoms with Crippen LogP contribution in [0.15, 0.2) is 42.5 Å². The molecule has 0 aliphatic heterocycles. The molecule has 21 heavy (non-hydrogen) atoms. The van der Waals surface area contributed by atoms with Crippen molar-refractivity contribution in [2.24, 2.45) is 0 Å². The average molecular weight is 283 g/mol. The number of pyridine rings is 1. The zero-order chi connectivity index (χ0) is 14.8. The molecular weight excluding hydrogens is 269 g/mol. The van der Waals surface area contributed by atoms with Crippen LogP contribution in [-0.2, 0) is 6.42 Å². The highest BCUT2D eigenvalue weighted by atomic mass is 19.1. The number of nitrogens with zero attached hydrogens (tertiary/aromatic N) is 2. The number of hydrogen-bond acceptors (Lipinski definition) is 4. The molecule has 6 heteroatoms. The second kappa shape index (κ2) is 5.24. The van der Waals surface area contributed by atoms with Gasteiger partial charge in [-0.3, -0.25) is 5.10 Å². The van der Waals surface area contributed by atoms with Gasteiger partial charge in [0.25, 0.3) is 0 Å². The van der Waals surface area contributed by atoms with E-state index < -0.39 is 0 Å². The molecule has 0 aliphatic carbocycles.